The fraction of sp³-hybridized carbons (Fsp3) is 0.375. The maximum Gasteiger partial charge on any atom is 0.255 e. The number of piperidine rings is 1. The van der Waals surface area contributed by atoms with Gasteiger partial charge in [0.05, 0.1) is 10.5 Å². The number of ether oxygens (including phenoxy) is 1. The number of hydrogen-bond acceptors (Lipinski definition) is 6. The number of fused-ring (bicyclic) bond motifs is 1. The molecule has 1 N–H and O–H groups in total. The van der Waals surface area contributed by atoms with Crippen LogP contribution in [0.1, 0.15) is 34.5 Å². The van der Waals surface area contributed by atoms with Gasteiger partial charge in [0.25, 0.3) is 5.91 Å². The van der Waals surface area contributed by atoms with Gasteiger partial charge in [-0.05, 0) is 64.2 Å². The topological polar surface area (TPSA) is 88.8 Å². The van der Waals surface area contributed by atoms with E-state index in [0.717, 1.165) is 25.9 Å². The lowest BCUT2D eigenvalue weighted by atomic mass is 10.0. The number of aryl methyl sites for hydroxylation is 1. The van der Waals surface area contributed by atoms with Gasteiger partial charge in [-0.2, -0.15) is 0 Å². The first kappa shape index (κ1) is 22.4. The molecule has 1 aliphatic rings. The molecule has 1 amide bonds. The summed E-state index contributed by atoms with van der Waals surface area (Å²) in [4.78, 5) is 15.5. The van der Waals surface area contributed by atoms with E-state index in [9.17, 15) is 13.2 Å². The standard InChI is InChI=1S/C24H28N2O5S/c1-16-23(24(27)25-18-10-12-26(2)13-11-18)20-14-19(8-9-21(20)31-16)30-15-17-6-4-5-7-22(17)32(3,28)29/h4-9,14,18H,10-13,15H2,1-3H3,(H,25,27). The zero-order valence-corrected chi connectivity index (χ0v) is 19.4. The summed E-state index contributed by atoms with van der Waals surface area (Å²) in [5.41, 5.74) is 1.71. The highest BCUT2D eigenvalue weighted by Gasteiger charge is 2.24. The third kappa shape index (κ3) is 4.81. The third-order valence-corrected chi connectivity index (χ3v) is 7.08. The summed E-state index contributed by atoms with van der Waals surface area (Å²) in [6.45, 7) is 3.81. The van der Waals surface area contributed by atoms with E-state index in [4.69, 9.17) is 9.15 Å². The van der Waals surface area contributed by atoms with E-state index in [2.05, 4.69) is 17.3 Å². The molecule has 2 aromatic carbocycles. The predicted molar refractivity (Wildman–Crippen MR) is 123 cm³/mol. The van der Waals surface area contributed by atoms with Crippen LogP contribution in [-0.2, 0) is 16.4 Å². The molecule has 0 saturated carbocycles. The van der Waals surface area contributed by atoms with E-state index in [1.807, 2.05) is 0 Å². The monoisotopic (exact) mass is 456 g/mol. The van der Waals surface area contributed by atoms with Crippen molar-refractivity contribution >= 4 is 26.7 Å². The average Bonchev–Trinajstić information content (AvgIpc) is 3.08. The Morgan fingerprint density at radius 1 is 1.19 bits per heavy atom. The molecule has 0 spiro atoms. The minimum atomic E-state index is -3.36. The van der Waals surface area contributed by atoms with E-state index in [1.165, 1.54) is 6.26 Å². The molecule has 0 aliphatic carbocycles. The van der Waals surface area contributed by atoms with Crippen LogP contribution in [0, 0.1) is 6.92 Å². The third-order valence-electron chi connectivity index (χ3n) is 5.88. The summed E-state index contributed by atoms with van der Waals surface area (Å²) < 4.78 is 35.8. The minimum absolute atomic E-state index is 0.0999. The molecule has 0 atom stereocenters. The van der Waals surface area contributed by atoms with Crippen molar-refractivity contribution in [1.82, 2.24) is 10.2 Å². The summed E-state index contributed by atoms with van der Waals surface area (Å²) in [6.07, 6.45) is 3.03. The van der Waals surface area contributed by atoms with Crippen molar-refractivity contribution in [3.05, 3.63) is 59.4 Å². The number of carbonyl (C=O) groups excluding carboxylic acids is 1. The molecule has 7 nitrogen and oxygen atoms in total. The van der Waals surface area contributed by atoms with Crippen LogP contribution in [0.4, 0.5) is 0 Å². The van der Waals surface area contributed by atoms with Crippen LogP contribution in [-0.4, -0.2) is 51.7 Å². The maximum absolute atomic E-state index is 13.0. The molecular formula is C24H28N2O5S. The number of nitrogens with one attached hydrogen (secondary N) is 1. The van der Waals surface area contributed by atoms with Gasteiger partial charge in [0.15, 0.2) is 9.84 Å². The molecule has 1 fully saturated rings. The van der Waals surface area contributed by atoms with Gasteiger partial charge in [-0.15, -0.1) is 0 Å². The molecule has 32 heavy (non-hydrogen) atoms. The molecule has 4 rings (SSSR count). The molecule has 170 valence electrons. The van der Waals surface area contributed by atoms with Crippen LogP contribution < -0.4 is 10.1 Å². The molecular weight excluding hydrogens is 428 g/mol. The minimum Gasteiger partial charge on any atom is -0.489 e. The van der Waals surface area contributed by atoms with Crippen molar-refractivity contribution in [2.75, 3.05) is 26.4 Å². The first-order valence-electron chi connectivity index (χ1n) is 10.7. The van der Waals surface area contributed by atoms with Crippen molar-refractivity contribution in [1.29, 1.82) is 0 Å². The number of amides is 1. The summed E-state index contributed by atoms with van der Waals surface area (Å²) >= 11 is 0. The van der Waals surface area contributed by atoms with E-state index < -0.39 is 9.84 Å². The largest absolute Gasteiger partial charge is 0.489 e. The Bertz CT molecular complexity index is 1240. The van der Waals surface area contributed by atoms with E-state index in [1.54, 1.807) is 49.4 Å². The van der Waals surface area contributed by atoms with Crippen molar-refractivity contribution in [2.24, 2.45) is 0 Å². The molecule has 0 unspecified atom stereocenters. The number of nitrogens with zero attached hydrogens (tertiary/aromatic N) is 1. The Balaban J connectivity index is 1.55. The highest BCUT2D eigenvalue weighted by molar-refractivity contribution is 7.90. The lowest BCUT2D eigenvalue weighted by Gasteiger charge is -2.29. The van der Waals surface area contributed by atoms with Crippen molar-refractivity contribution in [2.45, 2.75) is 37.3 Å². The average molecular weight is 457 g/mol. The van der Waals surface area contributed by atoms with E-state index in [0.29, 0.717) is 33.6 Å². The molecule has 8 heteroatoms. The lowest BCUT2D eigenvalue weighted by molar-refractivity contribution is 0.0917. The van der Waals surface area contributed by atoms with Gasteiger partial charge in [0.1, 0.15) is 23.7 Å². The van der Waals surface area contributed by atoms with Gasteiger partial charge in [0.2, 0.25) is 0 Å². The SMILES string of the molecule is Cc1oc2ccc(OCc3ccccc3S(C)(=O)=O)cc2c1C(=O)NC1CCN(C)CC1. The second kappa shape index (κ2) is 8.96. The molecule has 1 aliphatic heterocycles. The number of hydrogen-bond donors (Lipinski definition) is 1. The molecule has 2 heterocycles. The Labute approximate surface area is 188 Å². The number of carbonyl (C=O) groups is 1. The Hall–Kier alpha value is -2.84. The van der Waals surface area contributed by atoms with Crippen LogP contribution in [0.25, 0.3) is 11.0 Å². The first-order chi connectivity index (χ1) is 15.2. The molecule has 0 bridgehead atoms. The van der Waals surface area contributed by atoms with Crippen LogP contribution >= 0.6 is 0 Å². The number of benzene rings is 2. The van der Waals surface area contributed by atoms with Crippen LogP contribution in [0.2, 0.25) is 0 Å². The van der Waals surface area contributed by atoms with Crippen LogP contribution in [0.3, 0.4) is 0 Å². The Morgan fingerprint density at radius 3 is 2.62 bits per heavy atom. The summed E-state index contributed by atoms with van der Waals surface area (Å²) in [5, 5.41) is 3.83. The fourth-order valence-corrected chi connectivity index (χ4v) is 5.06. The molecule has 3 aromatic rings. The number of furan rings is 1. The van der Waals surface area contributed by atoms with Crippen LogP contribution in [0.15, 0.2) is 51.8 Å². The van der Waals surface area contributed by atoms with Crippen LogP contribution in [0.5, 0.6) is 5.75 Å². The summed E-state index contributed by atoms with van der Waals surface area (Å²) in [7, 11) is -1.27. The summed E-state index contributed by atoms with van der Waals surface area (Å²) in [5.74, 6) is 0.954. The highest BCUT2D eigenvalue weighted by atomic mass is 32.2. The zero-order valence-electron chi connectivity index (χ0n) is 18.6. The van der Waals surface area contributed by atoms with Gasteiger partial charge in [-0.25, -0.2) is 8.42 Å². The maximum atomic E-state index is 13.0. The second-order valence-corrected chi connectivity index (χ2v) is 10.4. The van der Waals surface area contributed by atoms with E-state index in [-0.39, 0.29) is 23.5 Å². The Kier molecular flexibility index (Phi) is 6.26. The lowest BCUT2D eigenvalue weighted by Crippen LogP contribution is -2.43. The normalized spacial score (nSPS) is 15.7. The van der Waals surface area contributed by atoms with Crippen molar-refractivity contribution < 1.29 is 22.4 Å². The predicted octanol–water partition coefficient (Wildman–Crippen LogP) is 3.55. The quantitative estimate of drug-likeness (QED) is 0.610. The fourth-order valence-electron chi connectivity index (χ4n) is 4.13. The van der Waals surface area contributed by atoms with Crippen molar-refractivity contribution in [3.8, 4) is 5.75 Å². The summed E-state index contributed by atoms with van der Waals surface area (Å²) in [6, 6.07) is 12.2. The van der Waals surface area contributed by atoms with E-state index >= 15 is 0 Å². The van der Waals surface area contributed by atoms with Gasteiger partial charge in [-0.1, -0.05) is 18.2 Å². The molecule has 0 radical (unpaired) electrons. The number of likely N-dealkylation sites (tertiary alicyclic amines) is 1. The second-order valence-electron chi connectivity index (χ2n) is 8.41. The van der Waals surface area contributed by atoms with Gasteiger partial charge < -0.3 is 19.4 Å². The highest BCUT2D eigenvalue weighted by Crippen LogP contribution is 2.30. The van der Waals surface area contributed by atoms with Crippen molar-refractivity contribution in [3.63, 3.8) is 0 Å². The van der Waals surface area contributed by atoms with Gasteiger partial charge >= 0.3 is 0 Å². The smallest absolute Gasteiger partial charge is 0.255 e. The number of sulfone groups is 1. The number of rotatable bonds is 6. The van der Waals surface area contributed by atoms with Gasteiger partial charge in [-0.3, -0.25) is 4.79 Å². The molecule has 1 saturated heterocycles. The molecule has 1 aromatic heterocycles. The van der Waals surface area contributed by atoms with Gasteiger partial charge in [0, 0.05) is 23.2 Å². The zero-order chi connectivity index (χ0) is 22.9. The Morgan fingerprint density at radius 2 is 1.91 bits per heavy atom. The first-order valence-corrected chi connectivity index (χ1v) is 12.5.